The van der Waals surface area contributed by atoms with Crippen LogP contribution in [-0.4, -0.2) is 38.0 Å². The average molecular weight is 483 g/mol. The van der Waals surface area contributed by atoms with E-state index < -0.39 is 10.0 Å². The van der Waals surface area contributed by atoms with Crippen molar-refractivity contribution in [2.24, 2.45) is 5.92 Å². The van der Waals surface area contributed by atoms with E-state index in [1.54, 1.807) is 11.8 Å². The lowest BCUT2D eigenvalue weighted by Gasteiger charge is -2.30. The maximum Gasteiger partial charge on any atom is 0.227 e. The van der Waals surface area contributed by atoms with E-state index in [4.69, 9.17) is 0 Å². The lowest BCUT2D eigenvalue weighted by Crippen LogP contribution is -2.41. The van der Waals surface area contributed by atoms with Gasteiger partial charge in [-0.15, -0.1) is 11.8 Å². The first-order valence-electron chi connectivity index (χ1n) is 9.05. The predicted octanol–water partition coefficient (Wildman–Crippen LogP) is 4.35. The van der Waals surface area contributed by atoms with Crippen LogP contribution in [0.5, 0.6) is 0 Å². The Morgan fingerprint density at radius 1 is 1.14 bits per heavy atom. The number of nitrogens with zero attached hydrogens (tertiary/aromatic N) is 1. The Balaban J connectivity index is 1.57. The Morgan fingerprint density at radius 3 is 2.43 bits per heavy atom. The Labute approximate surface area is 179 Å². The minimum atomic E-state index is -3.38. The number of halogens is 1. The second-order valence-electron chi connectivity index (χ2n) is 6.75. The highest BCUT2D eigenvalue weighted by atomic mass is 79.9. The number of carbonyl (C=O) groups excluding carboxylic acids is 1. The maximum absolute atomic E-state index is 12.7. The van der Waals surface area contributed by atoms with Gasteiger partial charge in [-0.05, 0) is 48.9 Å². The van der Waals surface area contributed by atoms with E-state index in [0.717, 1.165) is 20.6 Å². The van der Waals surface area contributed by atoms with Crippen molar-refractivity contribution in [3.63, 3.8) is 0 Å². The summed E-state index contributed by atoms with van der Waals surface area (Å²) in [6.07, 6.45) is 3.04. The Morgan fingerprint density at radius 2 is 1.79 bits per heavy atom. The second-order valence-corrected chi connectivity index (χ2v) is 10.5. The van der Waals surface area contributed by atoms with Gasteiger partial charge in [0.25, 0.3) is 0 Å². The molecule has 2 aromatic carbocycles. The van der Waals surface area contributed by atoms with E-state index in [-0.39, 0.29) is 17.6 Å². The van der Waals surface area contributed by atoms with E-state index in [1.165, 1.54) is 4.31 Å². The van der Waals surface area contributed by atoms with Crippen molar-refractivity contribution < 1.29 is 13.2 Å². The molecule has 5 nitrogen and oxygen atoms in total. The number of amides is 1. The maximum atomic E-state index is 12.7. The molecule has 0 aromatic heterocycles. The fraction of sp³-hybridized carbons (Fsp3) is 0.350. The van der Waals surface area contributed by atoms with Crippen molar-refractivity contribution in [3.05, 3.63) is 58.6 Å². The summed E-state index contributed by atoms with van der Waals surface area (Å²) in [6, 6.07) is 15.0. The second kappa shape index (κ2) is 9.43. The van der Waals surface area contributed by atoms with Crippen LogP contribution in [0.3, 0.4) is 0 Å². The predicted molar refractivity (Wildman–Crippen MR) is 118 cm³/mol. The fourth-order valence-electron chi connectivity index (χ4n) is 3.26. The first kappa shape index (κ1) is 21.4. The van der Waals surface area contributed by atoms with Crippen LogP contribution in [0.4, 0.5) is 5.69 Å². The third-order valence-electron chi connectivity index (χ3n) is 4.85. The number of thioether (sulfide) groups is 1. The molecule has 1 aliphatic rings. The van der Waals surface area contributed by atoms with Gasteiger partial charge in [-0.1, -0.05) is 40.2 Å². The molecule has 8 heteroatoms. The monoisotopic (exact) mass is 482 g/mol. The molecule has 3 rings (SSSR count). The van der Waals surface area contributed by atoms with Gasteiger partial charge in [0.15, 0.2) is 0 Å². The molecule has 150 valence electrons. The van der Waals surface area contributed by atoms with Crippen molar-refractivity contribution >= 4 is 49.3 Å². The van der Waals surface area contributed by atoms with Crippen molar-refractivity contribution in [1.82, 2.24) is 4.31 Å². The molecular formula is C20H23BrN2O3S2. The molecule has 1 heterocycles. The van der Waals surface area contributed by atoms with Crippen LogP contribution in [0.15, 0.2) is 57.9 Å². The summed E-state index contributed by atoms with van der Waals surface area (Å²) in [4.78, 5) is 13.6. The van der Waals surface area contributed by atoms with Crippen LogP contribution in [0.1, 0.15) is 18.4 Å². The summed E-state index contributed by atoms with van der Waals surface area (Å²) < 4.78 is 27.8. The number of rotatable bonds is 6. The normalized spacial score (nSPS) is 16.1. The van der Waals surface area contributed by atoms with Gasteiger partial charge in [0.2, 0.25) is 15.9 Å². The van der Waals surface area contributed by atoms with Gasteiger partial charge in [-0.3, -0.25) is 4.79 Å². The Kier molecular flexibility index (Phi) is 7.20. The number of nitrogens with one attached hydrogen (secondary N) is 1. The van der Waals surface area contributed by atoms with Crippen LogP contribution in [0.25, 0.3) is 0 Å². The fourth-order valence-corrected chi connectivity index (χ4v) is 5.64. The number of benzene rings is 2. The lowest BCUT2D eigenvalue weighted by atomic mass is 9.97. The number of sulfonamides is 1. The van der Waals surface area contributed by atoms with E-state index in [1.807, 2.05) is 54.8 Å². The molecule has 1 saturated heterocycles. The van der Waals surface area contributed by atoms with Crippen molar-refractivity contribution in [3.8, 4) is 0 Å². The van der Waals surface area contributed by atoms with Crippen LogP contribution >= 0.6 is 27.7 Å². The van der Waals surface area contributed by atoms with E-state index >= 15 is 0 Å². The lowest BCUT2D eigenvalue weighted by molar-refractivity contribution is -0.120. The summed E-state index contributed by atoms with van der Waals surface area (Å²) in [5.74, 6) is -0.224. The van der Waals surface area contributed by atoms with Crippen molar-refractivity contribution in [2.45, 2.75) is 23.5 Å². The van der Waals surface area contributed by atoms with E-state index in [2.05, 4.69) is 21.2 Å². The third kappa shape index (κ3) is 5.37. The average Bonchev–Trinajstić information content (AvgIpc) is 2.70. The Hall–Kier alpha value is -1.35. The zero-order chi connectivity index (χ0) is 20.1. The zero-order valence-electron chi connectivity index (χ0n) is 15.6. The molecule has 0 atom stereocenters. The van der Waals surface area contributed by atoms with Crippen LogP contribution in [-0.2, 0) is 20.6 Å². The molecule has 1 aliphatic heterocycles. The minimum Gasteiger partial charge on any atom is -0.325 e. The number of piperidine rings is 1. The molecule has 0 aliphatic carbocycles. The molecule has 0 unspecified atom stereocenters. The number of hydrogen-bond donors (Lipinski definition) is 1. The molecule has 1 amide bonds. The molecule has 28 heavy (non-hydrogen) atoms. The molecule has 0 bridgehead atoms. The number of anilines is 1. The molecule has 2 aromatic rings. The highest BCUT2D eigenvalue weighted by Crippen LogP contribution is 2.27. The first-order valence-corrected chi connectivity index (χ1v) is 12.7. The van der Waals surface area contributed by atoms with Gasteiger partial charge >= 0.3 is 0 Å². The smallest absolute Gasteiger partial charge is 0.227 e. The standard InChI is InChI=1S/C20H23BrN2O3S2/c1-27-19-5-3-2-4-18(19)22-20(24)16-10-12-23(13-11-16)28(25,26)14-15-6-8-17(21)9-7-15/h2-9,16H,10-14H2,1H3,(H,22,24). The molecular weight excluding hydrogens is 460 g/mol. The van der Waals surface area contributed by atoms with E-state index in [9.17, 15) is 13.2 Å². The summed E-state index contributed by atoms with van der Waals surface area (Å²) >= 11 is 4.94. The van der Waals surface area contributed by atoms with E-state index in [0.29, 0.717) is 25.9 Å². The highest BCUT2D eigenvalue weighted by Gasteiger charge is 2.31. The van der Waals surface area contributed by atoms with Crippen molar-refractivity contribution in [1.29, 1.82) is 0 Å². The Bertz CT molecular complexity index is 925. The van der Waals surface area contributed by atoms with Gasteiger partial charge in [0, 0.05) is 28.4 Å². The highest BCUT2D eigenvalue weighted by molar-refractivity contribution is 9.10. The van der Waals surface area contributed by atoms with Crippen LogP contribution in [0, 0.1) is 5.92 Å². The SMILES string of the molecule is CSc1ccccc1NC(=O)C1CCN(S(=O)(=O)Cc2ccc(Br)cc2)CC1. The first-order chi connectivity index (χ1) is 13.4. The van der Waals surface area contributed by atoms with Crippen LogP contribution in [0.2, 0.25) is 0 Å². The zero-order valence-corrected chi connectivity index (χ0v) is 18.8. The van der Waals surface area contributed by atoms with Crippen molar-refractivity contribution in [2.75, 3.05) is 24.7 Å². The molecule has 1 N–H and O–H groups in total. The summed E-state index contributed by atoms with van der Waals surface area (Å²) in [5.41, 5.74) is 1.57. The number of para-hydroxylation sites is 1. The van der Waals surface area contributed by atoms with Gasteiger partial charge in [0.1, 0.15) is 0 Å². The van der Waals surface area contributed by atoms with Gasteiger partial charge < -0.3 is 5.32 Å². The largest absolute Gasteiger partial charge is 0.325 e. The third-order valence-corrected chi connectivity index (χ3v) is 8.02. The van der Waals surface area contributed by atoms with Gasteiger partial charge in [-0.2, -0.15) is 0 Å². The minimum absolute atomic E-state index is 0.0156. The number of carbonyl (C=O) groups is 1. The van der Waals surface area contributed by atoms with Crippen LogP contribution < -0.4 is 5.32 Å². The molecule has 0 radical (unpaired) electrons. The summed E-state index contributed by atoms with van der Waals surface area (Å²) in [5, 5.41) is 3.00. The number of hydrogen-bond acceptors (Lipinski definition) is 4. The topological polar surface area (TPSA) is 66.5 Å². The summed E-state index contributed by atoms with van der Waals surface area (Å²) in [6.45, 7) is 0.752. The molecule has 0 spiro atoms. The van der Waals surface area contributed by atoms with Gasteiger partial charge in [-0.25, -0.2) is 12.7 Å². The molecule has 0 saturated carbocycles. The quantitative estimate of drug-likeness (QED) is 0.621. The summed E-state index contributed by atoms with van der Waals surface area (Å²) in [7, 11) is -3.38. The molecule has 1 fully saturated rings. The van der Waals surface area contributed by atoms with Gasteiger partial charge in [0.05, 0.1) is 11.4 Å².